The monoisotopic (exact) mass is 282 g/mol. The number of fused-ring (bicyclic) bond motifs is 3. The molecule has 2 aromatic heterocycles. The molecule has 2 saturated carbocycles. The minimum absolute atomic E-state index is 0.136. The first-order valence-corrected chi connectivity index (χ1v) is 6.79. The van der Waals surface area contributed by atoms with Crippen LogP contribution in [0.2, 0.25) is 0 Å². The normalized spacial score (nSPS) is 29.4. The summed E-state index contributed by atoms with van der Waals surface area (Å²) in [6, 6.07) is 0.245. The second kappa shape index (κ2) is 3.93. The van der Waals surface area contributed by atoms with Crippen LogP contribution < -0.4 is 0 Å². The molecule has 2 fully saturated rings. The average molecular weight is 282 g/mol. The van der Waals surface area contributed by atoms with E-state index in [1.165, 1.54) is 19.2 Å². The molecule has 0 amide bonds. The van der Waals surface area contributed by atoms with Gasteiger partial charge in [-0.25, -0.2) is 15.0 Å². The third-order valence-electron chi connectivity index (χ3n) is 4.69. The molecule has 0 spiro atoms. The number of halogens is 3. The second-order valence-corrected chi connectivity index (χ2v) is 5.79. The number of aromatic nitrogens is 4. The van der Waals surface area contributed by atoms with Gasteiger partial charge in [-0.2, -0.15) is 13.2 Å². The van der Waals surface area contributed by atoms with Gasteiger partial charge in [0.15, 0.2) is 11.3 Å². The van der Waals surface area contributed by atoms with E-state index in [1.54, 1.807) is 0 Å². The smallest absolute Gasteiger partial charge is 0.312 e. The zero-order valence-electron chi connectivity index (χ0n) is 10.6. The fraction of sp³-hybridized carbons (Fsp3) is 0.615. The Morgan fingerprint density at radius 3 is 2.60 bits per heavy atom. The Morgan fingerprint density at radius 1 is 1.10 bits per heavy atom. The molecule has 0 unspecified atom stereocenters. The zero-order valence-corrected chi connectivity index (χ0v) is 10.6. The molecule has 2 heterocycles. The molecule has 0 N–H and O–H groups in total. The van der Waals surface area contributed by atoms with E-state index >= 15 is 0 Å². The Labute approximate surface area is 113 Å². The van der Waals surface area contributed by atoms with Crippen molar-refractivity contribution < 1.29 is 13.2 Å². The van der Waals surface area contributed by atoms with Gasteiger partial charge in [0.2, 0.25) is 0 Å². The van der Waals surface area contributed by atoms with Crippen molar-refractivity contribution >= 4 is 11.2 Å². The molecule has 0 saturated heterocycles. The lowest BCUT2D eigenvalue weighted by Crippen LogP contribution is -2.16. The maximum Gasteiger partial charge on any atom is 0.435 e. The molecule has 20 heavy (non-hydrogen) atoms. The third-order valence-corrected chi connectivity index (χ3v) is 4.69. The summed E-state index contributed by atoms with van der Waals surface area (Å²) in [5.74, 6) is 1.27. The summed E-state index contributed by atoms with van der Waals surface area (Å²) in [5, 5.41) is 0. The van der Waals surface area contributed by atoms with Crippen LogP contribution in [0.5, 0.6) is 0 Å². The highest BCUT2D eigenvalue weighted by Gasteiger charge is 2.42. The van der Waals surface area contributed by atoms with Crippen LogP contribution in [0.4, 0.5) is 13.2 Å². The van der Waals surface area contributed by atoms with Crippen molar-refractivity contribution in [3.8, 4) is 0 Å². The van der Waals surface area contributed by atoms with Crippen molar-refractivity contribution in [2.45, 2.75) is 37.9 Å². The lowest BCUT2D eigenvalue weighted by molar-refractivity contribution is -0.140. The van der Waals surface area contributed by atoms with E-state index < -0.39 is 11.9 Å². The summed E-state index contributed by atoms with van der Waals surface area (Å²) in [4.78, 5) is 11.3. The first-order chi connectivity index (χ1) is 9.54. The van der Waals surface area contributed by atoms with Gasteiger partial charge < -0.3 is 4.57 Å². The molecular weight excluding hydrogens is 269 g/mol. The number of hydrogen-bond donors (Lipinski definition) is 0. The Kier molecular flexibility index (Phi) is 2.38. The highest BCUT2D eigenvalue weighted by molar-refractivity contribution is 5.73. The van der Waals surface area contributed by atoms with E-state index in [2.05, 4.69) is 15.0 Å². The minimum Gasteiger partial charge on any atom is -0.312 e. The van der Waals surface area contributed by atoms with E-state index in [9.17, 15) is 13.2 Å². The SMILES string of the molecule is FC(F)(F)c1ncnc2c1ncn2[C@@H]1C[C@H]2CC[C@@H]1C2. The van der Waals surface area contributed by atoms with Crippen molar-refractivity contribution in [3.63, 3.8) is 0 Å². The number of hydrogen-bond acceptors (Lipinski definition) is 3. The largest absolute Gasteiger partial charge is 0.435 e. The second-order valence-electron chi connectivity index (χ2n) is 5.79. The van der Waals surface area contributed by atoms with Crippen molar-refractivity contribution in [2.24, 2.45) is 11.8 Å². The zero-order chi connectivity index (χ0) is 13.9. The predicted molar refractivity (Wildman–Crippen MR) is 64.8 cm³/mol. The fourth-order valence-corrected chi connectivity index (χ4v) is 3.85. The molecule has 0 aromatic carbocycles. The molecule has 7 heteroatoms. The minimum atomic E-state index is -4.49. The van der Waals surface area contributed by atoms with Gasteiger partial charge in [0.1, 0.15) is 11.8 Å². The topological polar surface area (TPSA) is 43.6 Å². The summed E-state index contributed by atoms with van der Waals surface area (Å²) in [6.45, 7) is 0. The number of imidazole rings is 1. The van der Waals surface area contributed by atoms with E-state index in [1.807, 2.05) is 4.57 Å². The van der Waals surface area contributed by atoms with Gasteiger partial charge in [0, 0.05) is 6.04 Å². The molecule has 106 valence electrons. The number of alkyl halides is 3. The summed E-state index contributed by atoms with van der Waals surface area (Å²) in [5.41, 5.74) is -0.767. The molecular formula is C13H13F3N4. The summed E-state index contributed by atoms with van der Waals surface area (Å²) < 4.78 is 40.6. The molecule has 2 aliphatic carbocycles. The van der Waals surface area contributed by atoms with Gasteiger partial charge in [-0.3, -0.25) is 0 Å². The molecule has 2 bridgehead atoms. The first kappa shape index (κ1) is 12.1. The number of nitrogens with zero attached hydrogens (tertiary/aromatic N) is 4. The predicted octanol–water partition coefficient (Wildman–Crippen LogP) is 3.21. The Morgan fingerprint density at radius 2 is 1.95 bits per heavy atom. The first-order valence-electron chi connectivity index (χ1n) is 6.79. The Balaban J connectivity index is 1.83. The van der Waals surface area contributed by atoms with Gasteiger partial charge in [-0.15, -0.1) is 0 Å². The van der Waals surface area contributed by atoms with Gasteiger partial charge >= 0.3 is 6.18 Å². The maximum atomic E-state index is 12.9. The van der Waals surface area contributed by atoms with Crippen LogP contribution in [0.1, 0.15) is 37.4 Å². The highest BCUT2D eigenvalue weighted by Crippen LogP contribution is 2.51. The van der Waals surface area contributed by atoms with E-state index in [0.29, 0.717) is 17.5 Å². The van der Waals surface area contributed by atoms with E-state index in [4.69, 9.17) is 0 Å². The van der Waals surface area contributed by atoms with Crippen LogP contribution in [0.25, 0.3) is 11.2 Å². The van der Waals surface area contributed by atoms with E-state index in [0.717, 1.165) is 19.2 Å². The summed E-state index contributed by atoms with van der Waals surface area (Å²) >= 11 is 0. The van der Waals surface area contributed by atoms with Gasteiger partial charge in [-0.1, -0.05) is 6.42 Å². The van der Waals surface area contributed by atoms with Crippen LogP contribution in [-0.2, 0) is 6.18 Å². The summed E-state index contributed by atoms with van der Waals surface area (Å²) in [6.07, 6.45) is 2.61. The highest BCUT2D eigenvalue weighted by atomic mass is 19.4. The molecule has 4 nitrogen and oxygen atoms in total. The standard InChI is InChI=1S/C13H13F3N4/c14-13(15,16)11-10-12(18-5-17-11)20(6-19-10)9-4-7-1-2-8(9)3-7/h5-9H,1-4H2/t7-,8+,9+/m0/s1. The van der Waals surface area contributed by atoms with Crippen LogP contribution in [0.3, 0.4) is 0 Å². The lowest BCUT2D eigenvalue weighted by atomic mass is 9.95. The van der Waals surface area contributed by atoms with Crippen LogP contribution in [0.15, 0.2) is 12.7 Å². The fourth-order valence-electron chi connectivity index (χ4n) is 3.85. The van der Waals surface area contributed by atoms with Crippen LogP contribution in [-0.4, -0.2) is 19.5 Å². The molecule has 2 aromatic rings. The number of rotatable bonds is 1. The molecule has 3 atom stereocenters. The van der Waals surface area contributed by atoms with Gasteiger partial charge in [-0.05, 0) is 31.1 Å². The van der Waals surface area contributed by atoms with Crippen LogP contribution >= 0.6 is 0 Å². The molecule has 4 rings (SSSR count). The maximum absolute atomic E-state index is 12.9. The molecule has 0 aliphatic heterocycles. The van der Waals surface area contributed by atoms with Crippen LogP contribution in [0, 0.1) is 11.8 Å². The Hall–Kier alpha value is -1.66. The van der Waals surface area contributed by atoms with Gasteiger partial charge in [0.05, 0.1) is 6.33 Å². The van der Waals surface area contributed by atoms with E-state index in [-0.39, 0.29) is 11.6 Å². The van der Waals surface area contributed by atoms with Crippen molar-refractivity contribution in [3.05, 3.63) is 18.3 Å². The van der Waals surface area contributed by atoms with Crippen molar-refractivity contribution in [1.29, 1.82) is 0 Å². The van der Waals surface area contributed by atoms with Gasteiger partial charge in [0.25, 0.3) is 0 Å². The summed E-state index contributed by atoms with van der Waals surface area (Å²) in [7, 11) is 0. The molecule has 2 aliphatic rings. The Bertz CT molecular complexity index is 663. The average Bonchev–Trinajstić information content (AvgIpc) is 3.10. The van der Waals surface area contributed by atoms with Crippen molar-refractivity contribution in [2.75, 3.05) is 0 Å². The third kappa shape index (κ3) is 1.65. The van der Waals surface area contributed by atoms with Crippen molar-refractivity contribution in [1.82, 2.24) is 19.5 Å². The quantitative estimate of drug-likeness (QED) is 0.806. The lowest BCUT2D eigenvalue weighted by Gasteiger charge is -2.23. The molecule has 0 radical (unpaired) electrons.